The molecule has 5 nitrogen and oxygen atoms in total. The zero-order chi connectivity index (χ0) is 15.6. The van der Waals surface area contributed by atoms with Gasteiger partial charge in [0.2, 0.25) is 0 Å². The molecule has 0 saturated carbocycles. The molecule has 3 heterocycles. The number of rotatable bonds is 3. The molecule has 122 valence electrons. The molecular formula is C17H20N2O3S. The first-order valence-electron chi connectivity index (χ1n) is 7.92. The molecule has 0 radical (unpaired) electrons. The third-order valence-electron chi connectivity index (χ3n) is 4.08. The second kappa shape index (κ2) is 6.47. The lowest BCUT2D eigenvalue weighted by molar-refractivity contribution is -0.0330. The lowest BCUT2D eigenvalue weighted by Gasteiger charge is -2.32. The summed E-state index contributed by atoms with van der Waals surface area (Å²) in [5.41, 5.74) is 2.31. The van der Waals surface area contributed by atoms with Gasteiger partial charge in [0.15, 0.2) is 11.5 Å². The van der Waals surface area contributed by atoms with E-state index < -0.39 is 0 Å². The van der Waals surface area contributed by atoms with Crippen LogP contribution in [0.4, 0.5) is 0 Å². The fourth-order valence-corrected chi connectivity index (χ4v) is 3.79. The molecule has 1 aromatic carbocycles. The van der Waals surface area contributed by atoms with Crippen LogP contribution >= 0.6 is 11.3 Å². The molecule has 4 rings (SSSR count). The molecule has 6 heteroatoms. The first-order valence-corrected chi connectivity index (χ1v) is 8.80. The maximum atomic E-state index is 5.90. The monoisotopic (exact) mass is 332 g/mol. The quantitative estimate of drug-likeness (QED) is 0.865. The molecule has 0 bridgehead atoms. The standard InChI is InChI=1S/C17H20N2O3S/c1-12-11-23-17(18-12)16-10-19(4-5-20-16)9-13-2-3-14-15(8-13)22-7-6-21-14/h2-3,8,11,16H,4-7,9-10H2,1H3. The molecule has 2 aromatic rings. The summed E-state index contributed by atoms with van der Waals surface area (Å²) in [6, 6.07) is 6.21. The van der Waals surface area contributed by atoms with Gasteiger partial charge in [0.05, 0.1) is 6.61 Å². The van der Waals surface area contributed by atoms with Crippen LogP contribution in [-0.2, 0) is 11.3 Å². The third kappa shape index (κ3) is 3.34. The number of aryl methyl sites for hydroxylation is 1. The highest BCUT2D eigenvalue weighted by molar-refractivity contribution is 7.09. The summed E-state index contributed by atoms with van der Waals surface area (Å²) in [6.07, 6.45) is 0.0830. The SMILES string of the molecule is Cc1csc(C2CN(Cc3ccc4c(c3)OCCO4)CCO2)n1. The molecule has 0 N–H and O–H groups in total. The maximum absolute atomic E-state index is 5.90. The molecule has 0 aliphatic carbocycles. The summed E-state index contributed by atoms with van der Waals surface area (Å²) in [4.78, 5) is 6.98. The Bertz CT molecular complexity index is 688. The van der Waals surface area contributed by atoms with E-state index >= 15 is 0 Å². The zero-order valence-corrected chi connectivity index (χ0v) is 14.0. The molecule has 2 aliphatic heterocycles. The van der Waals surface area contributed by atoms with Gasteiger partial charge in [0.25, 0.3) is 0 Å². The number of hydrogen-bond acceptors (Lipinski definition) is 6. The summed E-state index contributed by atoms with van der Waals surface area (Å²) in [5.74, 6) is 1.70. The predicted molar refractivity (Wildman–Crippen MR) is 88.3 cm³/mol. The number of ether oxygens (including phenoxy) is 3. The van der Waals surface area contributed by atoms with Crippen LogP contribution in [0, 0.1) is 6.92 Å². The average Bonchev–Trinajstić information content (AvgIpc) is 3.02. The van der Waals surface area contributed by atoms with Crippen LogP contribution < -0.4 is 9.47 Å². The van der Waals surface area contributed by atoms with E-state index in [4.69, 9.17) is 14.2 Å². The molecule has 0 spiro atoms. The van der Waals surface area contributed by atoms with Gasteiger partial charge < -0.3 is 14.2 Å². The minimum Gasteiger partial charge on any atom is -0.486 e. The van der Waals surface area contributed by atoms with Crippen molar-refractivity contribution in [3.05, 3.63) is 39.8 Å². The number of nitrogens with zero attached hydrogens (tertiary/aromatic N) is 2. The Morgan fingerprint density at radius 1 is 1.22 bits per heavy atom. The predicted octanol–water partition coefficient (Wildman–Crippen LogP) is 2.80. The molecule has 23 heavy (non-hydrogen) atoms. The highest BCUT2D eigenvalue weighted by Gasteiger charge is 2.24. The van der Waals surface area contributed by atoms with Crippen LogP contribution in [-0.4, -0.2) is 42.8 Å². The van der Waals surface area contributed by atoms with E-state index in [1.807, 2.05) is 13.0 Å². The Balaban J connectivity index is 1.44. The van der Waals surface area contributed by atoms with Gasteiger partial charge in [-0.05, 0) is 24.6 Å². The molecular weight excluding hydrogens is 312 g/mol. The molecule has 1 atom stereocenters. The largest absolute Gasteiger partial charge is 0.486 e. The fraction of sp³-hybridized carbons (Fsp3) is 0.471. The van der Waals surface area contributed by atoms with Gasteiger partial charge in [-0.15, -0.1) is 11.3 Å². The van der Waals surface area contributed by atoms with Crippen molar-refractivity contribution in [1.82, 2.24) is 9.88 Å². The Morgan fingerprint density at radius 2 is 2.09 bits per heavy atom. The first-order chi connectivity index (χ1) is 11.3. The van der Waals surface area contributed by atoms with E-state index in [1.165, 1.54) is 5.56 Å². The number of thiazole rings is 1. The lowest BCUT2D eigenvalue weighted by Crippen LogP contribution is -2.37. The second-order valence-corrected chi connectivity index (χ2v) is 6.79. The number of benzene rings is 1. The summed E-state index contributed by atoms with van der Waals surface area (Å²) in [6.45, 7) is 6.73. The zero-order valence-electron chi connectivity index (χ0n) is 13.2. The van der Waals surface area contributed by atoms with Gasteiger partial charge in [-0.1, -0.05) is 6.07 Å². The topological polar surface area (TPSA) is 43.8 Å². The summed E-state index contributed by atoms with van der Waals surface area (Å²) in [5, 5.41) is 3.16. The smallest absolute Gasteiger partial charge is 0.161 e. The van der Waals surface area contributed by atoms with Crippen LogP contribution in [0.5, 0.6) is 11.5 Å². The first kappa shape index (κ1) is 14.9. The van der Waals surface area contributed by atoms with Crippen molar-refractivity contribution in [3.63, 3.8) is 0 Å². The van der Waals surface area contributed by atoms with Crippen molar-refractivity contribution < 1.29 is 14.2 Å². The Kier molecular flexibility index (Phi) is 4.20. The third-order valence-corrected chi connectivity index (χ3v) is 5.13. The van der Waals surface area contributed by atoms with E-state index in [0.717, 1.165) is 48.4 Å². The van der Waals surface area contributed by atoms with Crippen molar-refractivity contribution in [1.29, 1.82) is 0 Å². The van der Waals surface area contributed by atoms with Gasteiger partial charge in [-0.3, -0.25) is 4.90 Å². The van der Waals surface area contributed by atoms with Gasteiger partial charge in [0.1, 0.15) is 24.3 Å². The van der Waals surface area contributed by atoms with Crippen molar-refractivity contribution in [2.45, 2.75) is 19.6 Å². The van der Waals surface area contributed by atoms with Crippen molar-refractivity contribution in [3.8, 4) is 11.5 Å². The Hall–Kier alpha value is -1.63. The van der Waals surface area contributed by atoms with Crippen LogP contribution in [0.15, 0.2) is 23.6 Å². The van der Waals surface area contributed by atoms with Crippen LogP contribution in [0.2, 0.25) is 0 Å². The van der Waals surface area contributed by atoms with E-state index in [0.29, 0.717) is 13.2 Å². The van der Waals surface area contributed by atoms with Gasteiger partial charge in [0, 0.05) is 30.7 Å². The Labute approximate surface area is 139 Å². The van der Waals surface area contributed by atoms with E-state index in [9.17, 15) is 0 Å². The van der Waals surface area contributed by atoms with E-state index in [-0.39, 0.29) is 6.10 Å². The van der Waals surface area contributed by atoms with Gasteiger partial charge in [-0.2, -0.15) is 0 Å². The lowest BCUT2D eigenvalue weighted by atomic mass is 10.1. The van der Waals surface area contributed by atoms with Crippen LogP contribution in [0.1, 0.15) is 22.4 Å². The maximum Gasteiger partial charge on any atom is 0.161 e. The molecule has 1 unspecified atom stereocenters. The minimum atomic E-state index is 0.0830. The fourth-order valence-electron chi connectivity index (χ4n) is 2.96. The van der Waals surface area contributed by atoms with Crippen molar-refractivity contribution in [2.75, 3.05) is 32.9 Å². The molecule has 1 aromatic heterocycles. The summed E-state index contributed by atoms with van der Waals surface area (Å²) < 4.78 is 17.1. The number of fused-ring (bicyclic) bond motifs is 1. The molecule has 2 aliphatic rings. The number of aromatic nitrogens is 1. The highest BCUT2D eigenvalue weighted by atomic mass is 32.1. The highest BCUT2D eigenvalue weighted by Crippen LogP contribution is 2.32. The summed E-state index contributed by atoms with van der Waals surface area (Å²) in [7, 11) is 0. The van der Waals surface area contributed by atoms with Crippen molar-refractivity contribution >= 4 is 11.3 Å². The van der Waals surface area contributed by atoms with E-state index in [2.05, 4.69) is 27.4 Å². The van der Waals surface area contributed by atoms with Crippen LogP contribution in [0.3, 0.4) is 0 Å². The molecule has 1 saturated heterocycles. The Morgan fingerprint density at radius 3 is 2.91 bits per heavy atom. The summed E-state index contributed by atoms with van der Waals surface area (Å²) >= 11 is 1.68. The average molecular weight is 332 g/mol. The minimum absolute atomic E-state index is 0.0830. The second-order valence-electron chi connectivity index (χ2n) is 5.90. The number of morpholine rings is 1. The number of hydrogen-bond donors (Lipinski definition) is 0. The molecule has 1 fully saturated rings. The molecule has 0 amide bonds. The van der Waals surface area contributed by atoms with Crippen LogP contribution in [0.25, 0.3) is 0 Å². The van der Waals surface area contributed by atoms with Gasteiger partial charge in [-0.25, -0.2) is 4.98 Å². The van der Waals surface area contributed by atoms with E-state index in [1.54, 1.807) is 11.3 Å². The normalized spacial score (nSPS) is 21.3. The van der Waals surface area contributed by atoms with Crippen molar-refractivity contribution in [2.24, 2.45) is 0 Å². The van der Waals surface area contributed by atoms with Gasteiger partial charge >= 0.3 is 0 Å².